The van der Waals surface area contributed by atoms with Crippen molar-refractivity contribution in [3.05, 3.63) is 58.3 Å². The lowest BCUT2D eigenvalue weighted by Gasteiger charge is -2.10. The molecule has 0 saturated carbocycles. The first-order valence-electron chi connectivity index (χ1n) is 7.27. The van der Waals surface area contributed by atoms with Gasteiger partial charge in [0.25, 0.3) is 5.56 Å². The molecule has 3 aromatic rings. The topological polar surface area (TPSA) is 85.3 Å². The monoisotopic (exact) mass is 312 g/mol. The summed E-state index contributed by atoms with van der Waals surface area (Å²) in [6.07, 6.45) is 2.73. The van der Waals surface area contributed by atoms with E-state index in [1.165, 1.54) is 35.4 Å². The van der Waals surface area contributed by atoms with Crippen molar-refractivity contribution < 1.29 is 14.3 Å². The van der Waals surface area contributed by atoms with Gasteiger partial charge in [0, 0.05) is 24.4 Å². The van der Waals surface area contributed by atoms with Crippen molar-refractivity contribution in [2.24, 2.45) is 5.92 Å². The zero-order valence-electron chi connectivity index (χ0n) is 12.8. The van der Waals surface area contributed by atoms with E-state index in [2.05, 4.69) is 4.98 Å². The summed E-state index contributed by atoms with van der Waals surface area (Å²) in [4.78, 5) is 28.4. The summed E-state index contributed by atoms with van der Waals surface area (Å²) in [7, 11) is 0. The van der Waals surface area contributed by atoms with Gasteiger partial charge in [0.05, 0.1) is 5.56 Å². The van der Waals surface area contributed by atoms with Crippen LogP contribution in [0.15, 0.2) is 46.1 Å². The predicted octanol–water partition coefficient (Wildman–Crippen LogP) is 2.58. The Morgan fingerprint density at radius 1 is 1.30 bits per heavy atom. The second kappa shape index (κ2) is 5.72. The van der Waals surface area contributed by atoms with E-state index in [1.807, 2.05) is 13.8 Å². The molecule has 0 aliphatic carbocycles. The lowest BCUT2D eigenvalue weighted by Crippen LogP contribution is -2.22. The van der Waals surface area contributed by atoms with Gasteiger partial charge in [-0.1, -0.05) is 13.8 Å². The van der Waals surface area contributed by atoms with Crippen molar-refractivity contribution in [1.82, 2.24) is 9.55 Å². The molecule has 0 unspecified atom stereocenters. The first kappa shape index (κ1) is 15.0. The minimum atomic E-state index is -0.370. The van der Waals surface area contributed by atoms with Crippen molar-refractivity contribution in [2.45, 2.75) is 20.4 Å². The summed E-state index contributed by atoms with van der Waals surface area (Å²) in [6.45, 7) is 4.50. The number of aromatic nitrogens is 2. The number of hydrogen-bond donors (Lipinski definition) is 1. The van der Waals surface area contributed by atoms with Crippen LogP contribution in [0.2, 0.25) is 0 Å². The lowest BCUT2D eigenvalue weighted by molar-refractivity contribution is 0.103. The van der Waals surface area contributed by atoms with E-state index in [-0.39, 0.29) is 34.1 Å². The second-order valence-electron chi connectivity index (χ2n) is 5.79. The van der Waals surface area contributed by atoms with Gasteiger partial charge in [-0.25, -0.2) is 4.98 Å². The van der Waals surface area contributed by atoms with E-state index < -0.39 is 0 Å². The average Bonchev–Trinajstić information content (AvgIpc) is 2.98. The highest BCUT2D eigenvalue weighted by atomic mass is 16.3. The third kappa shape index (κ3) is 2.75. The molecule has 0 saturated heterocycles. The highest BCUT2D eigenvalue weighted by Gasteiger charge is 2.18. The van der Waals surface area contributed by atoms with Crippen LogP contribution in [-0.2, 0) is 6.54 Å². The number of carbonyl (C=O) groups is 1. The van der Waals surface area contributed by atoms with Crippen LogP contribution in [0.5, 0.6) is 5.75 Å². The van der Waals surface area contributed by atoms with Gasteiger partial charge >= 0.3 is 0 Å². The van der Waals surface area contributed by atoms with Crippen LogP contribution in [0.25, 0.3) is 11.1 Å². The van der Waals surface area contributed by atoms with E-state index in [0.717, 1.165) is 0 Å². The average molecular weight is 312 g/mol. The van der Waals surface area contributed by atoms with Crippen LogP contribution < -0.4 is 5.56 Å². The zero-order chi connectivity index (χ0) is 16.6. The Hall–Kier alpha value is -2.89. The van der Waals surface area contributed by atoms with Crippen molar-refractivity contribution in [2.75, 3.05) is 0 Å². The molecule has 0 spiro atoms. The number of fused-ring (bicyclic) bond motifs is 1. The third-order valence-corrected chi connectivity index (χ3v) is 3.53. The Morgan fingerprint density at radius 2 is 2.09 bits per heavy atom. The van der Waals surface area contributed by atoms with Crippen molar-refractivity contribution >= 4 is 16.9 Å². The standard InChI is InChI=1S/C17H16N2O4/c1-10(2)7-19-8-11(3-6-14(19)20)16(21)12-4-5-13-15(17(12)22)18-9-23-13/h3-6,8-10,22H,7H2,1-2H3. The number of nitrogens with zero attached hydrogens (tertiary/aromatic N) is 2. The van der Waals surface area contributed by atoms with E-state index >= 15 is 0 Å². The third-order valence-electron chi connectivity index (χ3n) is 3.53. The Bertz CT molecular complexity index is 937. The van der Waals surface area contributed by atoms with Gasteiger partial charge in [-0.05, 0) is 24.1 Å². The number of aromatic hydroxyl groups is 1. The molecule has 0 fully saturated rings. The van der Waals surface area contributed by atoms with E-state index in [4.69, 9.17) is 4.42 Å². The van der Waals surface area contributed by atoms with E-state index in [9.17, 15) is 14.7 Å². The largest absolute Gasteiger partial charge is 0.505 e. The number of hydrogen-bond acceptors (Lipinski definition) is 5. The highest BCUT2D eigenvalue weighted by Crippen LogP contribution is 2.29. The fourth-order valence-electron chi connectivity index (χ4n) is 2.46. The Labute approximate surface area is 132 Å². The number of pyridine rings is 1. The fourth-order valence-corrected chi connectivity index (χ4v) is 2.46. The SMILES string of the molecule is CC(C)Cn1cc(C(=O)c2ccc3ocnc3c2O)ccc1=O. The Morgan fingerprint density at radius 3 is 2.83 bits per heavy atom. The molecule has 0 bridgehead atoms. The van der Waals surface area contributed by atoms with Crippen LogP contribution in [0.1, 0.15) is 29.8 Å². The van der Waals surface area contributed by atoms with Crippen LogP contribution >= 0.6 is 0 Å². The minimum Gasteiger partial charge on any atom is -0.505 e. The van der Waals surface area contributed by atoms with E-state index in [0.29, 0.717) is 17.7 Å². The normalized spacial score (nSPS) is 11.3. The number of ketones is 1. The molecule has 2 heterocycles. The highest BCUT2D eigenvalue weighted by molar-refractivity contribution is 6.12. The zero-order valence-corrected chi connectivity index (χ0v) is 12.8. The van der Waals surface area contributed by atoms with Crippen LogP contribution in [-0.4, -0.2) is 20.4 Å². The maximum atomic E-state index is 12.6. The molecule has 118 valence electrons. The quantitative estimate of drug-likeness (QED) is 0.748. The van der Waals surface area contributed by atoms with Crippen molar-refractivity contribution in [3.8, 4) is 5.75 Å². The van der Waals surface area contributed by atoms with E-state index in [1.54, 1.807) is 6.07 Å². The smallest absolute Gasteiger partial charge is 0.250 e. The summed E-state index contributed by atoms with van der Waals surface area (Å²) in [5.74, 6) is -0.314. The summed E-state index contributed by atoms with van der Waals surface area (Å²) in [5.41, 5.74) is 0.950. The Balaban J connectivity index is 2.05. The maximum absolute atomic E-state index is 12.6. The molecule has 2 aromatic heterocycles. The van der Waals surface area contributed by atoms with Gasteiger partial charge in [0.15, 0.2) is 29.0 Å². The molecule has 23 heavy (non-hydrogen) atoms. The van der Waals surface area contributed by atoms with Crippen LogP contribution in [0, 0.1) is 5.92 Å². The molecule has 6 heteroatoms. The molecular formula is C17H16N2O4. The van der Waals surface area contributed by atoms with Gasteiger partial charge in [-0.2, -0.15) is 0 Å². The number of benzene rings is 1. The summed E-state index contributed by atoms with van der Waals surface area (Å²) >= 11 is 0. The van der Waals surface area contributed by atoms with Crippen LogP contribution in [0.4, 0.5) is 0 Å². The first-order chi connectivity index (χ1) is 11.0. The number of carbonyl (C=O) groups excluding carboxylic acids is 1. The number of phenolic OH excluding ortho intramolecular Hbond substituents is 1. The molecule has 0 radical (unpaired) electrons. The van der Waals surface area contributed by atoms with Gasteiger partial charge in [-0.15, -0.1) is 0 Å². The molecule has 3 rings (SSSR count). The minimum absolute atomic E-state index is 0.126. The summed E-state index contributed by atoms with van der Waals surface area (Å²) in [5, 5.41) is 10.2. The summed E-state index contributed by atoms with van der Waals surface area (Å²) < 4.78 is 6.59. The van der Waals surface area contributed by atoms with Crippen molar-refractivity contribution in [3.63, 3.8) is 0 Å². The number of oxazole rings is 1. The molecule has 1 N–H and O–H groups in total. The molecular weight excluding hydrogens is 296 g/mol. The molecule has 0 aliphatic heterocycles. The van der Waals surface area contributed by atoms with Gasteiger partial charge in [-0.3, -0.25) is 9.59 Å². The molecule has 6 nitrogen and oxygen atoms in total. The summed E-state index contributed by atoms with van der Waals surface area (Å²) in [6, 6.07) is 5.90. The van der Waals surface area contributed by atoms with Gasteiger partial charge in [0.1, 0.15) is 0 Å². The number of phenols is 1. The number of rotatable bonds is 4. The fraction of sp³-hybridized carbons (Fsp3) is 0.235. The first-order valence-corrected chi connectivity index (χ1v) is 7.27. The molecule has 0 amide bonds. The predicted molar refractivity (Wildman–Crippen MR) is 84.6 cm³/mol. The lowest BCUT2D eigenvalue weighted by atomic mass is 10.0. The van der Waals surface area contributed by atoms with Gasteiger partial charge < -0.3 is 14.1 Å². The van der Waals surface area contributed by atoms with Gasteiger partial charge in [0.2, 0.25) is 0 Å². The second-order valence-corrected chi connectivity index (χ2v) is 5.79. The molecule has 0 aliphatic rings. The van der Waals surface area contributed by atoms with Crippen LogP contribution in [0.3, 0.4) is 0 Å². The maximum Gasteiger partial charge on any atom is 0.250 e. The Kier molecular flexibility index (Phi) is 3.73. The molecule has 0 atom stereocenters. The molecule has 1 aromatic carbocycles. The van der Waals surface area contributed by atoms with Crippen molar-refractivity contribution in [1.29, 1.82) is 0 Å².